The van der Waals surface area contributed by atoms with E-state index in [2.05, 4.69) is 55.8 Å². The van der Waals surface area contributed by atoms with Crippen LogP contribution in [0.25, 0.3) is 21.6 Å². The van der Waals surface area contributed by atoms with Crippen molar-refractivity contribution in [2.45, 2.75) is 33.1 Å². The first-order valence-electron chi connectivity index (χ1n) is 9.49. The van der Waals surface area contributed by atoms with Crippen LogP contribution >= 0.6 is 23.6 Å². The Labute approximate surface area is 173 Å². The molecule has 0 radical (unpaired) electrons. The van der Waals surface area contributed by atoms with Gasteiger partial charge < -0.3 is 9.47 Å². The summed E-state index contributed by atoms with van der Waals surface area (Å²) in [4.78, 5) is 6.12. The average Bonchev–Trinajstić information content (AvgIpc) is 3.29. The van der Waals surface area contributed by atoms with Crippen molar-refractivity contribution in [2.75, 3.05) is 7.05 Å². The molecule has 5 nitrogen and oxygen atoms in total. The summed E-state index contributed by atoms with van der Waals surface area (Å²) < 4.78 is 6.04. The molecule has 4 aromatic rings. The van der Waals surface area contributed by atoms with Crippen LogP contribution in [-0.2, 0) is 13.2 Å². The summed E-state index contributed by atoms with van der Waals surface area (Å²) in [6, 6.07) is 18.8. The van der Waals surface area contributed by atoms with Crippen LogP contribution in [0.4, 0.5) is 0 Å². The first-order valence-corrected chi connectivity index (χ1v) is 10.7. The van der Waals surface area contributed by atoms with Gasteiger partial charge in [-0.25, -0.2) is 4.98 Å². The molecular formula is C21H24N5S2+. The van der Waals surface area contributed by atoms with E-state index < -0.39 is 0 Å². The molecule has 0 aliphatic rings. The molecule has 0 saturated heterocycles. The summed E-state index contributed by atoms with van der Waals surface area (Å²) >= 11 is 7.49. The minimum absolute atomic E-state index is 0.256. The van der Waals surface area contributed by atoms with Crippen molar-refractivity contribution in [3.8, 4) is 11.4 Å². The molecule has 2 aromatic heterocycles. The van der Waals surface area contributed by atoms with E-state index in [4.69, 9.17) is 22.3 Å². The van der Waals surface area contributed by atoms with Crippen LogP contribution in [0.15, 0.2) is 54.6 Å². The second-order valence-electron chi connectivity index (χ2n) is 6.96. The predicted molar refractivity (Wildman–Crippen MR) is 117 cm³/mol. The van der Waals surface area contributed by atoms with E-state index >= 15 is 0 Å². The Balaban J connectivity index is 1.61. The molecular weight excluding hydrogens is 386 g/mol. The van der Waals surface area contributed by atoms with E-state index in [1.807, 2.05) is 28.9 Å². The van der Waals surface area contributed by atoms with Gasteiger partial charge in [-0.3, -0.25) is 0 Å². The number of thiazole rings is 1. The van der Waals surface area contributed by atoms with E-state index in [1.54, 1.807) is 11.3 Å². The Kier molecular flexibility index (Phi) is 5.39. The molecule has 0 amide bonds. The third kappa shape index (κ3) is 3.53. The maximum Gasteiger partial charge on any atom is 0.203 e. The average molecular weight is 411 g/mol. The monoisotopic (exact) mass is 410 g/mol. The number of para-hydroxylation sites is 1. The van der Waals surface area contributed by atoms with Crippen molar-refractivity contribution in [1.82, 2.24) is 19.3 Å². The van der Waals surface area contributed by atoms with Gasteiger partial charge in [0, 0.05) is 12.1 Å². The van der Waals surface area contributed by atoms with Gasteiger partial charge in [0.1, 0.15) is 6.04 Å². The SMILES string of the molecule is CCn1c(-c2ccccc2)nn(C[NH+](C)[C@@H](C)c2nc3ccccc3s2)c1=S. The lowest BCUT2D eigenvalue weighted by Crippen LogP contribution is -3.08. The summed E-state index contributed by atoms with van der Waals surface area (Å²) in [6.07, 6.45) is 0. The molecule has 0 fully saturated rings. The van der Waals surface area contributed by atoms with E-state index in [-0.39, 0.29) is 6.04 Å². The van der Waals surface area contributed by atoms with Crippen LogP contribution in [0.3, 0.4) is 0 Å². The van der Waals surface area contributed by atoms with Crippen LogP contribution in [-0.4, -0.2) is 26.4 Å². The third-order valence-electron chi connectivity index (χ3n) is 5.09. The van der Waals surface area contributed by atoms with E-state index in [0.717, 1.165) is 33.2 Å². The van der Waals surface area contributed by atoms with Crippen LogP contribution < -0.4 is 4.90 Å². The standard InChI is InChI=1S/C21H23N5S2/c1-4-25-19(16-10-6-5-7-11-16)23-26(21(25)27)14-24(3)15(2)20-22-17-12-8-9-13-18(17)28-20/h5-13,15H,4,14H2,1-3H3/p+1/t15-/m0/s1. The highest BCUT2D eigenvalue weighted by atomic mass is 32.1. The Morgan fingerprint density at radius 1 is 1.11 bits per heavy atom. The van der Waals surface area contributed by atoms with Gasteiger partial charge in [-0.15, -0.1) is 16.4 Å². The number of rotatable bonds is 6. The highest BCUT2D eigenvalue weighted by molar-refractivity contribution is 7.71. The molecule has 0 aliphatic heterocycles. The van der Waals surface area contributed by atoms with Gasteiger partial charge in [0.15, 0.2) is 17.5 Å². The van der Waals surface area contributed by atoms with Gasteiger partial charge in [0.05, 0.1) is 17.3 Å². The van der Waals surface area contributed by atoms with Gasteiger partial charge in [0.2, 0.25) is 4.77 Å². The van der Waals surface area contributed by atoms with Gasteiger partial charge in [-0.1, -0.05) is 42.5 Å². The zero-order valence-corrected chi connectivity index (χ0v) is 17.9. The minimum atomic E-state index is 0.256. The lowest BCUT2D eigenvalue weighted by Gasteiger charge is -2.19. The Bertz CT molecular complexity index is 1110. The molecule has 28 heavy (non-hydrogen) atoms. The Hall–Kier alpha value is -2.35. The number of hydrogen-bond acceptors (Lipinski definition) is 4. The molecule has 1 N–H and O–H groups in total. The molecule has 0 aliphatic carbocycles. The van der Waals surface area contributed by atoms with Crippen molar-refractivity contribution in [2.24, 2.45) is 0 Å². The fourth-order valence-electron chi connectivity index (χ4n) is 3.29. The third-order valence-corrected chi connectivity index (χ3v) is 6.74. The quantitative estimate of drug-likeness (QED) is 0.490. The number of aromatic nitrogens is 4. The predicted octanol–water partition coefficient (Wildman–Crippen LogP) is 3.94. The second kappa shape index (κ2) is 7.95. The first kappa shape index (κ1) is 19.0. The van der Waals surface area contributed by atoms with Crippen LogP contribution in [0.1, 0.15) is 24.9 Å². The molecule has 2 aromatic carbocycles. The zero-order chi connectivity index (χ0) is 19.7. The Morgan fingerprint density at radius 3 is 2.54 bits per heavy atom. The molecule has 2 heterocycles. The molecule has 0 spiro atoms. The number of nitrogens with zero attached hydrogens (tertiary/aromatic N) is 4. The summed E-state index contributed by atoms with van der Waals surface area (Å²) in [5, 5.41) is 5.99. The number of quaternary nitrogens is 1. The van der Waals surface area contributed by atoms with E-state index in [0.29, 0.717) is 6.67 Å². The molecule has 144 valence electrons. The van der Waals surface area contributed by atoms with Crippen molar-refractivity contribution in [3.05, 3.63) is 64.4 Å². The smallest absolute Gasteiger partial charge is 0.203 e. The summed E-state index contributed by atoms with van der Waals surface area (Å²) in [5.41, 5.74) is 2.16. The summed E-state index contributed by atoms with van der Waals surface area (Å²) in [7, 11) is 2.17. The molecule has 4 rings (SSSR count). The lowest BCUT2D eigenvalue weighted by atomic mass is 10.2. The fraction of sp³-hybridized carbons (Fsp3) is 0.286. The number of nitrogens with one attached hydrogen (secondary N) is 1. The van der Waals surface area contributed by atoms with Gasteiger partial charge >= 0.3 is 0 Å². The minimum Gasteiger partial charge on any atom is -0.311 e. The Morgan fingerprint density at radius 2 is 1.82 bits per heavy atom. The van der Waals surface area contributed by atoms with Gasteiger partial charge in [-0.05, 0) is 38.2 Å². The fourth-order valence-corrected chi connectivity index (χ4v) is 4.72. The first-order chi connectivity index (χ1) is 13.6. The van der Waals surface area contributed by atoms with Gasteiger partial charge in [-0.2, -0.15) is 4.68 Å². The number of benzene rings is 2. The van der Waals surface area contributed by atoms with Crippen LogP contribution in [0, 0.1) is 4.77 Å². The van der Waals surface area contributed by atoms with Crippen molar-refractivity contribution >= 4 is 33.8 Å². The molecule has 0 bridgehead atoms. The van der Waals surface area contributed by atoms with Crippen LogP contribution in [0.2, 0.25) is 0 Å². The number of hydrogen-bond donors (Lipinski definition) is 1. The topological polar surface area (TPSA) is 40.1 Å². The summed E-state index contributed by atoms with van der Waals surface area (Å²) in [5.74, 6) is 0.925. The normalized spacial score (nSPS) is 13.7. The molecule has 0 saturated carbocycles. The maximum atomic E-state index is 5.72. The highest BCUT2D eigenvalue weighted by Gasteiger charge is 2.22. The van der Waals surface area contributed by atoms with Gasteiger partial charge in [0.25, 0.3) is 0 Å². The lowest BCUT2D eigenvalue weighted by molar-refractivity contribution is -0.933. The maximum absolute atomic E-state index is 5.72. The molecule has 1 unspecified atom stereocenters. The van der Waals surface area contributed by atoms with Crippen molar-refractivity contribution < 1.29 is 4.90 Å². The summed E-state index contributed by atoms with van der Waals surface area (Å²) in [6.45, 7) is 5.82. The number of fused-ring (bicyclic) bond motifs is 1. The largest absolute Gasteiger partial charge is 0.311 e. The van der Waals surface area contributed by atoms with E-state index in [9.17, 15) is 0 Å². The highest BCUT2D eigenvalue weighted by Crippen LogP contribution is 2.25. The van der Waals surface area contributed by atoms with Crippen molar-refractivity contribution in [3.63, 3.8) is 0 Å². The zero-order valence-electron chi connectivity index (χ0n) is 16.3. The van der Waals surface area contributed by atoms with Crippen molar-refractivity contribution in [1.29, 1.82) is 0 Å². The second-order valence-corrected chi connectivity index (χ2v) is 8.39. The molecule has 7 heteroatoms. The van der Waals surface area contributed by atoms with Crippen LogP contribution in [0.5, 0.6) is 0 Å². The molecule has 2 atom stereocenters. The van der Waals surface area contributed by atoms with E-state index in [1.165, 1.54) is 9.60 Å².